The second kappa shape index (κ2) is 10.3. The second-order valence-electron chi connectivity index (χ2n) is 7.50. The summed E-state index contributed by atoms with van der Waals surface area (Å²) in [5, 5.41) is 0.386. The second-order valence-corrected chi connectivity index (χ2v) is 11.7. The molecule has 3 rings (SSSR count). The average molecular weight is 516 g/mol. The van der Waals surface area contributed by atoms with Gasteiger partial charge in [-0.2, -0.15) is 0 Å². The highest BCUT2D eigenvalue weighted by Gasteiger charge is 2.26. The van der Waals surface area contributed by atoms with Gasteiger partial charge >= 0.3 is 0 Å². The predicted molar refractivity (Wildman–Crippen MR) is 126 cm³/mol. The summed E-state index contributed by atoms with van der Waals surface area (Å²) < 4.78 is 60.4. The first-order valence-electron chi connectivity index (χ1n) is 10.3. The first-order valence-corrected chi connectivity index (χ1v) is 13.6. The zero-order valence-corrected chi connectivity index (χ0v) is 20.7. The lowest BCUT2D eigenvalue weighted by molar-refractivity contribution is -0.129. The van der Waals surface area contributed by atoms with E-state index in [1.54, 1.807) is 4.90 Å². The summed E-state index contributed by atoms with van der Waals surface area (Å²) in [6.45, 7) is 1.33. The highest BCUT2D eigenvalue weighted by molar-refractivity contribution is 7.92. The molecule has 1 aliphatic rings. The zero-order valence-electron chi connectivity index (χ0n) is 18.3. The summed E-state index contributed by atoms with van der Waals surface area (Å²) >= 11 is 5.85. The fraction of sp³-hybridized carbons (Fsp3) is 0.381. The van der Waals surface area contributed by atoms with Crippen molar-refractivity contribution in [1.82, 2.24) is 9.62 Å². The van der Waals surface area contributed by atoms with Crippen LogP contribution in [0.2, 0.25) is 5.02 Å². The smallest absolute Gasteiger partial charge is 0.264 e. The molecule has 180 valence electrons. The maximum absolute atomic E-state index is 13.1. The van der Waals surface area contributed by atoms with E-state index in [0.29, 0.717) is 18.1 Å². The van der Waals surface area contributed by atoms with Crippen LogP contribution in [0.4, 0.5) is 5.69 Å². The third kappa shape index (κ3) is 5.78. The Balaban J connectivity index is 1.81. The first-order chi connectivity index (χ1) is 15.6. The molecule has 1 N–H and O–H groups in total. The maximum atomic E-state index is 13.1. The number of amides is 1. The molecule has 0 saturated carbocycles. The monoisotopic (exact) mass is 515 g/mol. The lowest BCUT2D eigenvalue weighted by Gasteiger charge is -2.22. The number of carbonyl (C=O) groups excluding carboxylic acids is 1. The van der Waals surface area contributed by atoms with Crippen molar-refractivity contribution in [3.8, 4) is 5.75 Å². The van der Waals surface area contributed by atoms with Gasteiger partial charge in [-0.05, 0) is 55.3 Å². The van der Waals surface area contributed by atoms with E-state index in [4.69, 9.17) is 16.3 Å². The molecule has 0 atom stereocenters. The number of anilines is 1. The van der Waals surface area contributed by atoms with Crippen LogP contribution in [0.1, 0.15) is 19.3 Å². The topological polar surface area (TPSA) is 113 Å². The van der Waals surface area contributed by atoms with Crippen molar-refractivity contribution in [3.63, 3.8) is 0 Å². The quantitative estimate of drug-likeness (QED) is 0.549. The van der Waals surface area contributed by atoms with Crippen LogP contribution >= 0.6 is 11.6 Å². The molecule has 0 bridgehead atoms. The molecule has 0 unspecified atom stereocenters. The minimum atomic E-state index is -4.01. The molecule has 12 heteroatoms. The number of sulfonamides is 2. The summed E-state index contributed by atoms with van der Waals surface area (Å²) in [5.74, 6) is 0.0811. The van der Waals surface area contributed by atoms with E-state index < -0.39 is 20.0 Å². The maximum Gasteiger partial charge on any atom is 0.264 e. The molecule has 0 aliphatic carbocycles. The number of likely N-dealkylation sites (tertiary alicyclic amines) is 1. The van der Waals surface area contributed by atoms with Gasteiger partial charge in [-0.15, -0.1) is 0 Å². The summed E-state index contributed by atoms with van der Waals surface area (Å²) in [4.78, 5) is 13.7. The molecular formula is C21H26ClN3O6S2. The summed E-state index contributed by atoms with van der Waals surface area (Å²) in [5.41, 5.74) is 0.0449. The van der Waals surface area contributed by atoms with Crippen molar-refractivity contribution in [2.45, 2.75) is 29.1 Å². The number of benzene rings is 2. The van der Waals surface area contributed by atoms with Gasteiger partial charge in [0.1, 0.15) is 5.75 Å². The average Bonchev–Trinajstić information content (AvgIpc) is 3.33. The number of hydrogen-bond acceptors (Lipinski definition) is 6. The normalized spacial score (nSPS) is 14.3. The largest absolute Gasteiger partial charge is 0.495 e. The van der Waals surface area contributed by atoms with E-state index in [1.165, 1.54) is 56.6 Å². The number of methoxy groups -OCH3 is 1. The van der Waals surface area contributed by atoms with Crippen molar-refractivity contribution in [2.24, 2.45) is 0 Å². The van der Waals surface area contributed by atoms with E-state index in [9.17, 15) is 21.6 Å². The molecule has 0 aromatic heterocycles. The van der Waals surface area contributed by atoms with Gasteiger partial charge in [-0.1, -0.05) is 11.6 Å². The third-order valence-corrected chi connectivity index (χ3v) is 8.86. The molecular weight excluding hydrogens is 490 g/mol. The number of rotatable bonds is 9. The van der Waals surface area contributed by atoms with Crippen LogP contribution in [0.25, 0.3) is 0 Å². The molecule has 0 spiro atoms. The standard InChI is InChI=1S/C21H26ClN3O6S2/c1-24(33(29,30)17-7-5-16(22)6-8-17)19-15-18(9-10-20(19)31-2)32(27,28)23-12-11-21(26)25-13-3-4-14-25/h5-10,15,23H,3-4,11-14H2,1-2H3. The lowest BCUT2D eigenvalue weighted by Crippen LogP contribution is -2.33. The van der Waals surface area contributed by atoms with Crippen LogP contribution in [-0.2, 0) is 24.8 Å². The van der Waals surface area contributed by atoms with Crippen molar-refractivity contribution >= 4 is 43.2 Å². The van der Waals surface area contributed by atoms with E-state index in [2.05, 4.69) is 4.72 Å². The van der Waals surface area contributed by atoms with Crippen molar-refractivity contribution < 1.29 is 26.4 Å². The van der Waals surface area contributed by atoms with Gasteiger partial charge in [0.15, 0.2) is 0 Å². The first kappa shape index (κ1) is 25.3. The van der Waals surface area contributed by atoms with Gasteiger partial charge < -0.3 is 9.64 Å². The van der Waals surface area contributed by atoms with Gasteiger partial charge in [-0.25, -0.2) is 21.6 Å². The van der Waals surface area contributed by atoms with Crippen molar-refractivity contribution in [1.29, 1.82) is 0 Å². The van der Waals surface area contributed by atoms with Gasteiger partial charge in [0, 0.05) is 38.1 Å². The molecule has 1 aliphatic heterocycles. The predicted octanol–water partition coefficient (Wildman–Crippen LogP) is 2.46. The number of hydrogen-bond donors (Lipinski definition) is 1. The lowest BCUT2D eigenvalue weighted by atomic mass is 10.3. The minimum absolute atomic E-state index is 0.0109. The molecule has 1 heterocycles. The number of nitrogens with zero attached hydrogens (tertiary/aromatic N) is 2. The highest BCUT2D eigenvalue weighted by atomic mass is 35.5. The summed E-state index contributed by atoms with van der Waals surface area (Å²) in [6.07, 6.45) is 1.96. The Morgan fingerprint density at radius 2 is 1.67 bits per heavy atom. The Kier molecular flexibility index (Phi) is 7.88. The summed E-state index contributed by atoms with van der Waals surface area (Å²) in [6, 6.07) is 9.54. The minimum Gasteiger partial charge on any atom is -0.495 e. The van der Waals surface area contributed by atoms with Crippen LogP contribution < -0.4 is 13.8 Å². The van der Waals surface area contributed by atoms with Crippen LogP contribution in [0.5, 0.6) is 5.75 Å². The van der Waals surface area contributed by atoms with Crippen LogP contribution in [0.15, 0.2) is 52.3 Å². The van der Waals surface area contributed by atoms with Gasteiger partial charge in [0.05, 0.1) is 22.6 Å². The summed E-state index contributed by atoms with van der Waals surface area (Å²) in [7, 11) is -5.34. The highest BCUT2D eigenvalue weighted by Crippen LogP contribution is 2.33. The number of ether oxygens (including phenoxy) is 1. The molecule has 1 fully saturated rings. The van der Waals surface area contributed by atoms with Gasteiger partial charge in [0.25, 0.3) is 10.0 Å². The molecule has 2 aromatic carbocycles. The van der Waals surface area contributed by atoms with E-state index in [0.717, 1.165) is 17.1 Å². The Bertz CT molecular complexity index is 1210. The van der Waals surface area contributed by atoms with Crippen LogP contribution in [0.3, 0.4) is 0 Å². The van der Waals surface area contributed by atoms with E-state index in [1.807, 2.05) is 0 Å². The van der Waals surface area contributed by atoms with Crippen molar-refractivity contribution in [3.05, 3.63) is 47.5 Å². The van der Waals surface area contributed by atoms with Gasteiger partial charge in [0.2, 0.25) is 15.9 Å². The van der Waals surface area contributed by atoms with Crippen molar-refractivity contribution in [2.75, 3.05) is 38.1 Å². The SMILES string of the molecule is COc1ccc(S(=O)(=O)NCCC(=O)N2CCCC2)cc1N(C)S(=O)(=O)c1ccc(Cl)cc1. The molecule has 2 aromatic rings. The van der Waals surface area contributed by atoms with E-state index in [-0.39, 0.29) is 40.1 Å². The van der Waals surface area contributed by atoms with Crippen LogP contribution in [0, 0.1) is 0 Å². The Hall–Kier alpha value is -2.34. The molecule has 1 saturated heterocycles. The zero-order chi connectivity index (χ0) is 24.2. The van der Waals surface area contributed by atoms with Crippen LogP contribution in [-0.4, -0.2) is 61.4 Å². The number of carbonyl (C=O) groups is 1. The molecule has 1 amide bonds. The van der Waals surface area contributed by atoms with Gasteiger partial charge in [-0.3, -0.25) is 9.10 Å². The number of halogens is 1. The van der Waals surface area contributed by atoms with E-state index >= 15 is 0 Å². The third-order valence-electron chi connectivity index (χ3n) is 5.36. The molecule has 0 radical (unpaired) electrons. The number of nitrogens with one attached hydrogen (secondary N) is 1. The Morgan fingerprint density at radius 3 is 2.27 bits per heavy atom. The fourth-order valence-corrected chi connectivity index (χ4v) is 5.85. The molecule has 33 heavy (non-hydrogen) atoms. The molecule has 9 nitrogen and oxygen atoms in total. The Labute approximate surface area is 199 Å². The fourth-order valence-electron chi connectivity index (χ4n) is 3.48. The Morgan fingerprint density at radius 1 is 1.06 bits per heavy atom.